The van der Waals surface area contributed by atoms with Crippen LogP contribution in [0.3, 0.4) is 0 Å². The fourth-order valence-corrected chi connectivity index (χ4v) is 7.23. The summed E-state index contributed by atoms with van der Waals surface area (Å²) in [5, 5.41) is 86.2. The molecule has 54 heavy (non-hydrogen) atoms. The van der Waals surface area contributed by atoms with Crippen LogP contribution in [0, 0.1) is 0 Å². The monoisotopic (exact) mass is 780 g/mol. The molecule has 2 aliphatic rings. The van der Waals surface area contributed by atoms with Gasteiger partial charge in [0, 0.05) is 6.42 Å². The smallest absolute Gasteiger partial charge is 0.220 e. The van der Waals surface area contributed by atoms with Gasteiger partial charge in [0.1, 0.15) is 48.8 Å². The van der Waals surface area contributed by atoms with Crippen molar-refractivity contribution in [1.29, 1.82) is 0 Å². The molecule has 9 N–H and O–H groups in total. The molecular weight excluding hydrogens is 702 g/mol. The second-order valence-electron chi connectivity index (χ2n) is 15.5. The van der Waals surface area contributed by atoms with Crippen LogP contribution in [-0.2, 0) is 23.7 Å². The van der Waals surface area contributed by atoms with Crippen LogP contribution in [0.2, 0.25) is 0 Å². The molecule has 2 fully saturated rings. The Morgan fingerprint density at radius 2 is 1.06 bits per heavy atom. The Hall–Kier alpha value is -1.01. The lowest BCUT2D eigenvalue weighted by atomic mass is 9.97. The minimum Gasteiger partial charge on any atom is -0.394 e. The van der Waals surface area contributed by atoms with Crippen molar-refractivity contribution < 1.29 is 64.6 Å². The minimum atomic E-state index is -1.78. The summed E-state index contributed by atoms with van der Waals surface area (Å²) in [6.07, 6.45) is 7.09. The fraction of sp³-hybridized carbons (Fsp3) is 0.975. The summed E-state index contributed by atoms with van der Waals surface area (Å²) in [6.45, 7) is 2.78. The lowest BCUT2D eigenvalue weighted by molar-refractivity contribution is -0.359. The average molecular weight is 780 g/mol. The highest BCUT2D eigenvalue weighted by molar-refractivity contribution is 5.76. The van der Waals surface area contributed by atoms with Gasteiger partial charge in [-0.2, -0.15) is 0 Å². The molecule has 1 amide bonds. The Morgan fingerprint density at radius 1 is 0.593 bits per heavy atom. The van der Waals surface area contributed by atoms with Crippen LogP contribution in [0.15, 0.2) is 0 Å². The lowest BCUT2D eigenvalue weighted by Crippen LogP contribution is -2.65. The van der Waals surface area contributed by atoms with Crippen molar-refractivity contribution in [2.45, 2.75) is 229 Å². The molecule has 2 rings (SSSR count). The van der Waals surface area contributed by atoms with Crippen molar-refractivity contribution >= 4 is 5.91 Å². The van der Waals surface area contributed by atoms with Gasteiger partial charge in [0.2, 0.25) is 5.91 Å². The van der Waals surface area contributed by atoms with Gasteiger partial charge in [-0.25, -0.2) is 0 Å². The first-order chi connectivity index (χ1) is 26.1. The van der Waals surface area contributed by atoms with Crippen molar-refractivity contribution in [3.05, 3.63) is 0 Å². The summed E-state index contributed by atoms with van der Waals surface area (Å²) in [6, 6.07) is -0.817. The van der Waals surface area contributed by atoms with E-state index < -0.39 is 86.8 Å². The van der Waals surface area contributed by atoms with Crippen LogP contribution < -0.4 is 5.32 Å². The zero-order chi connectivity index (χ0) is 39.7. The van der Waals surface area contributed by atoms with Gasteiger partial charge in [0.05, 0.1) is 32.0 Å². The Bertz CT molecular complexity index is 930. The maximum absolute atomic E-state index is 13.0. The van der Waals surface area contributed by atoms with Crippen molar-refractivity contribution in [2.24, 2.45) is 0 Å². The summed E-state index contributed by atoms with van der Waals surface area (Å²) in [5.41, 5.74) is 0. The average Bonchev–Trinajstić information content (AvgIpc) is 3.17. The van der Waals surface area contributed by atoms with Crippen LogP contribution in [-0.4, -0.2) is 140 Å². The molecule has 0 aromatic rings. The van der Waals surface area contributed by atoms with Gasteiger partial charge in [0.25, 0.3) is 0 Å². The van der Waals surface area contributed by atoms with Gasteiger partial charge in [-0.05, 0) is 12.8 Å². The molecule has 0 radical (unpaired) electrons. The highest BCUT2D eigenvalue weighted by Crippen LogP contribution is 2.30. The molecule has 0 bridgehead atoms. The van der Waals surface area contributed by atoms with E-state index in [1.54, 1.807) is 0 Å². The molecule has 0 saturated carbocycles. The zero-order valence-electron chi connectivity index (χ0n) is 33.2. The zero-order valence-corrected chi connectivity index (χ0v) is 33.2. The third kappa shape index (κ3) is 18.1. The molecule has 2 aliphatic heterocycles. The van der Waals surface area contributed by atoms with E-state index in [2.05, 4.69) is 19.2 Å². The number of rotatable bonds is 31. The second kappa shape index (κ2) is 29.2. The van der Waals surface area contributed by atoms with Crippen LogP contribution in [0.1, 0.15) is 155 Å². The molecule has 0 spiro atoms. The first kappa shape index (κ1) is 49.1. The van der Waals surface area contributed by atoms with Crippen molar-refractivity contribution in [3.63, 3.8) is 0 Å². The number of nitrogens with one attached hydrogen (secondary N) is 1. The summed E-state index contributed by atoms with van der Waals surface area (Å²) in [7, 11) is 0. The van der Waals surface area contributed by atoms with Crippen LogP contribution in [0.4, 0.5) is 0 Å². The topological polar surface area (TPSA) is 228 Å². The predicted molar refractivity (Wildman–Crippen MR) is 203 cm³/mol. The summed E-state index contributed by atoms with van der Waals surface area (Å²) >= 11 is 0. The molecular formula is C40H77NO13. The van der Waals surface area contributed by atoms with Gasteiger partial charge in [0.15, 0.2) is 12.6 Å². The molecule has 14 nitrogen and oxygen atoms in total. The van der Waals surface area contributed by atoms with Gasteiger partial charge >= 0.3 is 0 Å². The predicted octanol–water partition coefficient (Wildman–Crippen LogP) is 3.09. The van der Waals surface area contributed by atoms with Gasteiger partial charge in [-0.3, -0.25) is 4.79 Å². The largest absolute Gasteiger partial charge is 0.394 e. The standard InChI is InChI=1S/C40H77NO13/c1-3-5-7-9-11-13-14-15-16-18-20-22-24-32(45)41-28(29(44)23-21-19-17-12-10-8-6-4-2)27-51-39-37(50)35(48)38(31(26-43)53-39)54-40-36(49)34(47)33(46)30(25-42)52-40/h28-31,33-40,42-44,46-50H,3-27H2,1-2H3,(H,41,45). The maximum atomic E-state index is 13.0. The second-order valence-corrected chi connectivity index (χ2v) is 15.5. The molecule has 0 aromatic carbocycles. The van der Waals surface area contributed by atoms with E-state index in [-0.39, 0.29) is 12.5 Å². The molecule has 12 unspecified atom stereocenters. The molecule has 2 heterocycles. The molecule has 12 atom stereocenters. The first-order valence-electron chi connectivity index (χ1n) is 21.3. The SMILES string of the molecule is CCCCCCCCCCCCCCC(=O)NC(COC1OC(CO)C(OC2OC(CO)C(O)C(O)C2O)C(O)C1O)C(O)CCCCCCCCCC. The minimum absolute atomic E-state index is 0.211. The molecule has 320 valence electrons. The highest BCUT2D eigenvalue weighted by atomic mass is 16.7. The molecule has 2 saturated heterocycles. The van der Waals surface area contributed by atoms with Crippen molar-refractivity contribution in [2.75, 3.05) is 19.8 Å². The number of ether oxygens (including phenoxy) is 4. The normalized spacial score (nSPS) is 30.0. The third-order valence-electron chi connectivity index (χ3n) is 10.8. The highest BCUT2D eigenvalue weighted by Gasteiger charge is 2.50. The lowest BCUT2D eigenvalue weighted by Gasteiger charge is -2.46. The maximum Gasteiger partial charge on any atom is 0.220 e. The number of hydrogen-bond donors (Lipinski definition) is 9. The first-order valence-corrected chi connectivity index (χ1v) is 21.3. The van der Waals surface area contributed by atoms with Crippen molar-refractivity contribution in [3.8, 4) is 0 Å². The number of unbranched alkanes of at least 4 members (excludes halogenated alkanes) is 18. The van der Waals surface area contributed by atoms with E-state index in [0.717, 1.165) is 51.4 Å². The quantitative estimate of drug-likeness (QED) is 0.0462. The summed E-state index contributed by atoms with van der Waals surface area (Å²) in [4.78, 5) is 13.0. The number of amides is 1. The summed E-state index contributed by atoms with van der Waals surface area (Å²) < 4.78 is 22.6. The van der Waals surface area contributed by atoms with E-state index in [0.29, 0.717) is 12.8 Å². The van der Waals surface area contributed by atoms with E-state index in [9.17, 15) is 45.6 Å². The third-order valence-corrected chi connectivity index (χ3v) is 10.8. The van der Waals surface area contributed by atoms with Gasteiger partial charge in [-0.15, -0.1) is 0 Å². The van der Waals surface area contributed by atoms with E-state index in [1.165, 1.54) is 77.0 Å². The van der Waals surface area contributed by atoms with E-state index in [4.69, 9.17) is 18.9 Å². The Morgan fingerprint density at radius 3 is 1.57 bits per heavy atom. The van der Waals surface area contributed by atoms with E-state index >= 15 is 0 Å². The van der Waals surface area contributed by atoms with Crippen LogP contribution >= 0.6 is 0 Å². The van der Waals surface area contributed by atoms with Gasteiger partial charge < -0.3 is 65.1 Å². The van der Waals surface area contributed by atoms with E-state index in [1.807, 2.05) is 0 Å². The molecule has 14 heteroatoms. The number of aliphatic hydroxyl groups is 8. The van der Waals surface area contributed by atoms with Crippen LogP contribution in [0.5, 0.6) is 0 Å². The Kier molecular flexibility index (Phi) is 26.6. The Balaban J connectivity index is 1.90. The number of aliphatic hydroxyl groups excluding tert-OH is 8. The number of carbonyl (C=O) groups excluding carboxylic acids is 1. The Labute approximate surface area is 323 Å². The van der Waals surface area contributed by atoms with Crippen molar-refractivity contribution in [1.82, 2.24) is 5.32 Å². The van der Waals surface area contributed by atoms with Gasteiger partial charge in [-0.1, -0.05) is 136 Å². The molecule has 0 aromatic heterocycles. The number of hydrogen-bond acceptors (Lipinski definition) is 13. The fourth-order valence-electron chi connectivity index (χ4n) is 7.23. The number of carbonyl (C=O) groups is 1. The molecule has 0 aliphatic carbocycles. The summed E-state index contributed by atoms with van der Waals surface area (Å²) in [5.74, 6) is -0.211. The van der Waals surface area contributed by atoms with Crippen LogP contribution in [0.25, 0.3) is 0 Å².